The molecule has 25 heteroatoms. The third-order valence-corrected chi connectivity index (χ3v) is 11.5. The predicted molar refractivity (Wildman–Crippen MR) is 162 cm³/mol. The van der Waals surface area contributed by atoms with E-state index in [0.717, 1.165) is 10.9 Å². The van der Waals surface area contributed by atoms with Gasteiger partial charge in [0, 0.05) is 12.3 Å². The monoisotopic (exact) mass is 738 g/mol. The minimum absolute atomic E-state index is 0.0651. The minimum Gasteiger partial charge on any atom is -0.382 e. The van der Waals surface area contributed by atoms with E-state index in [1.165, 1.54) is 6.33 Å². The summed E-state index contributed by atoms with van der Waals surface area (Å²) in [6, 6.07) is 0. The molecule has 4 aromatic heterocycles. The summed E-state index contributed by atoms with van der Waals surface area (Å²) in [5.74, 6) is -0.599. The molecule has 246 valence electrons. The van der Waals surface area contributed by atoms with Gasteiger partial charge in [0.15, 0.2) is 40.8 Å². The van der Waals surface area contributed by atoms with Crippen LogP contribution < -0.4 is 17.0 Å². The first-order valence-electron chi connectivity index (χ1n) is 13.4. The van der Waals surface area contributed by atoms with Gasteiger partial charge in [-0.3, -0.25) is 28.0 Å². The Kier molecular flexibility index (Phi) is 7.13. The Balaban J connectivity index is 1.08. The maximum absolute atomic E-state index is 16.1. The molecule has 1 saturated carbocycles. The van der Waals surface area contributed by atoms with E-state index in [1.807, 2.05) is 0 Å². The number of thiol groups is 1. The fourth-order valence-electron chi connectivity index (χ4n) is 6.14. The van der Waals surface area contributed by atoms with Crippen molar-refractivity contribution in [3.8, 4) is 0 Å². The zero-order valence-corrected chi connectivity index (χ0v) is 27.1. The summed E-state index contributed by atoms with van der Waals surface area (Å²) in [5, 5.41) is -0.103. The van der Waals surface area contributed by atoms with Crippen LogP contribution in [0.25, 0.3) is 22.3 Å². The van der Waals surface area contributed by atoms with Crippen LogP contribution in [-0.4, -0.2) is 87.7 Å². The highest BCUT2D eigenvalue weighted by Crippen LogP contribution is 2.66. The second-order valence-corrected chi connectivity index (χ2v) is 16.9. The number of aromatic nitrogens is 8. The highest BCUT2D eigenvalue weighted by atomic mass is 35.5. The van der Waals surface area contributed by atoms with E-state index in [9.17, 15) is 14.3 Å². The number of halogens is 2. The maximum atomic E-state index is 16.1. The molecule has 8 rings (SSSR count). The van der Waals surface area contributed by atoms with Crippen molar-refractivity contribution in [1.29, 1.82) is 0 Å². The third kappa shape index (κ3) is 4.98. The van der Waals surface area contributed by atoms with Crippen molar-refractivity contribution in [2.75, 3.05) is 24.7 Å². The molecule has 6 unspecified atom stereocenters. The van der Waals surface area contributed by atoms with Crippen LogP contribution in [0.2, 0.25) is 5.28 Å². The summed E-state index contributed by atoms with van der Waals surface area (Å²) in [6.45, 7) is -9.36. The van der Waals surface area contributed by atoms with Gasteiger partial charge in [-0.25, -0.2) is 18.9 Å². The quantitative estimate of drug-likeness (QED) is 0.110. The molecule has 4 aliphatic rings. The fraction of sp³-hybridized carbons (Fsp3) is 0.524. The van der Waals surface area contributed by atoms with Crippen molar-refractivity contribution in [3.05, 3.63) is 28.3 Å². The molecule has 10 atom stereocenters. The zero-order valence-electron chi connectivity index (χ0n) is 22.8. The summed E-state index contributed by atoms with van der Waals surface area (Å²) >= 11 is 15.4. The van der Waals surface area contributed by atoms with Gasteiger partial charge in [-0.15, -0.1) is 0 Å². The summed E-state index contributed by atoms with van der Waals surface area (Å²) in [7, 11) is 0. The molecule has 1 aliphatic carbocycles. The summed E-state index contributed by atoms with van der Waals surface area (Å²) in [6.07, 6.45) is -5.43. The van der Waals surface area contributed by atoms with E-state index in [2.05, 4.69) is 42.2 Å². The van der Waals surface area contributed by atoms with Crippen molar-refractivity contribution < 1.29 is 41.4 Å². The van der Waals surface area contributed by atoms with Gasteiger partial charge in [-0.05, 0) is 23.4 Å². The Morgan fingerprint density at radius 3 is 2.67 bits per heavy atom. The van der Waals surface area contributed by atoms with E-state index >= 15 is 4.39 Å². The van der Waals surface area contributed by atoms with E-state index in [4.69, 9.17) is 62.4 Å². The number of nitrogens with one attached hydrogen (secondary N) is 1. The normalized spacial score (nSPS) is 39.4. The van der Waals surface area contributed by atoms with Gasteiger partial charge in [-0.2, -0.15) is 15.0 Å². The number of anilines is 2. The van der Waals surface area contributed by atoms with Crippen molar-refractivity contribution in [3.63, 3.8) is 0 Å². The van der Waals surface area contributed by atoms with Crippen molar-refractivity contribution in [2.24, 2.45) is 5.92 Å². The Labute approximate surface area is 271 Å². The lowest BCUT2D eigenvalue weighted by Gasteiger charge is -2.30. The summed E-state index contributed by atoms with van der Waals surface area (Å²) < 4.78 is 67.2. The molecular formula is C21H22ClFN10O9P2S2. The van der Waals surface area contributed by atoms with Crippen molar-refractivity contribution >= 4 is 83.3 Å². The molecule has 46 heavy (non-hydrogen) atoms. The van der Waals surface area contributed by atoms with Crippen LogP contribution in [-0.2, 0) is 49.7 Å². The highest BCUT2D eigenvalue weighted by Gasteiger charge is 2.71. The first-order valence-corrected chi connectivity index (χ1v) is 19.1. The van der Waals surface area contributed by atoms with Crippen LogP contribution in [0.15, 0.2) is 17.4 Å². The topological polar surface area (TPSA) is 252 Å². The number of nitrogens with zero attached hydrogens (tertiary/aromatic N) is 7. The van der Waals surface area contributed by atoms with E-state index < -0.39 is 80.7 Å². The molecule has 7 heterocycles. The third-order valence-electron chi connectivity index (χ3n) is 8.16. The molecule has 0 spiro atoms. The number of hydrogen-bond acceptors (Lipinski definition) is 16. The van der Waals surface area contributed by atoms with Gasteiger partial charge in [0.25, 0.3) is 5.56 Å². The number of imidazole rings is 2. The largest absolute Gasteiger partial charge is 0.386 e. The summed E-state index contributed by atoms with van der Waals surface area (Å²) in [4.78, 5) is 46.1. The SMILES string of the molecule is Nc1nc2c(ncn2[C@@H]2O[C@@H]3COP(O)(=S)OC4C5C[C@]5(n5cnc6c(N)nc(Cl)nc65)O[C@@H]4COP(=O)(S)OC3C2F)c(=O)[nH]1. The Bertz CT molecular complexity index is 2070. The lowest BCUT2D eigenvalue weighted by Crippen LogP contribution is -2.36. The lowest BCUT2D eigenvalue weighted by molar-refractivity contribution is -0.0858. The van der Waals surface area contributed by atoms with E-state index in [1.54, 1.807) is 4.57 Å². The van der Waals surface area contributed by atoms with Crippen LogP contribution in [0.4, 0.5) is 16.2 Å². The van der Waals surface area contributed by atoms with Gasteiger partial charge in [0.1, 0.15) is 29.9 Å². The molecule has 3 saturated heterocycles. The number of H-pyrrole nitrogens is 1. The smallest absolute Gasteiger partial charge is 0.382 e. The van der Waals surface area contributed by atoms with Gasteiger partial charge >= 0.3 is 13.5 Å². The molecule has 3 aliphatic heterocycles. The van der Waals surface area contributed by atoms with Crippen LogP contribution in [0.3, 0.4) is 0 Å². The van der Waals surface area contributed by atoms with Crippen LogP contribution in [0.5, 0.6) is 0 Å². The molecule has 6 N–H and O–H groups in total. The molecule has 0 radical (unpaired) electrons. The second-order valence-electron chi connectivity index (χ2n) is 10.9. The first kappa shape index (κ1) is 31.0. The molecule has 4 fully saturated rings. The highest BCUT2D eigenvalue weighted by molar-refractivity contribution is 8.44. The number of fused-ring (bicyclic) bond motifs is 6. The number of alkyl halides is 1. The van der Waals surface area contributed by atoms with E-state index in [0.29, 0.717) is 17.6 Å². The Hall–Kier alpha value is -2.33. The lowest BCUT2D eigenvalue weighted by atomic mass is 10.1. The second kappa shape index (κ2) is 10.6. The van der Waals surface area contributed by atoms with Crippen molar-refractivity contribution in [2.45, 2.75) is 49.0 Å². The van der Waals surface area contributed by atoms with Gasteiger partial charge in [0.05, 0.1) is 25.9 Å². The molecular weight excluding hydrogens is 717 g/mol. The predicted octanol–water partition coefficient (Wildman–Crippen LogP) is 1.16. The number of aromatic amines is 1. The Morgan fingerprint density at radius 1 is 1.11 bits per heavy atom. The Morgan fingerprint density at radius 2 is 1.87 bits per heavy atom. The molecule has 0 bridgehead atoms. The molecule has 4 aromatic rings. The van der Waals surface area contributed by atoms with Crippen LogP contribution in [0, 0.1) is 5.92 Å². The average Bonchev–Trinajstić information content (AvgIpc) is 3.30. The van der Waals surface area contributed by atoms with Crippen molar-refractivity contribution in [1.82, 2.24) is 39.0 Å². The van der Waals surface area contributed by atoms with Crippen LogP contribution >= 0.6 is 37.4 Å². The summed E-state index contributed by atoms with van der Waals surface area (Å²) in [5.41, 5.74) is 10.3. The molecule has 19 nitrogen and oxygen atoms in total. The minimum atomic E-state index is -4.32. The molecule has 0 amide bonds. The zero-order chi connectivity index (χ0) is 32.3. The van der Waals surface area contributed by atoms with Gasteiger partial charge in [-0.1, -0.05) is 12.2 Å². The van der Waals surface area contributed by atoms with Gasteiger partial charge < -0.3 is 34.9 Å². The number of nitrogens with two attached hydrogens (primary N) is 2. The number of rotatable bonds is 2. The van der Waals surface area contributed by atoms with Gasteiger partial charge in [0.2, 0.25) is 11.2 Å². The standard InChI is InChI=1S/C21H22ClFN10O9P2S2/c22-19-28-14(24)10-16(29-19)33(5-27-10)21-1-6(21)12-8(40-21)3-38-44(36,46)42-13-7(2-37-43(35,45)41-12)39-18(9(13)23)32-4-26-11-15(32)30-20(25)31-17(11)34/h4-9,12-13,18H,1-3H2,(H,35,45)(H,36,46)(H2,24,28,29)(H3,25,30,31,34)/t6?,7-,8-,9?,12?,13?,18-,21+,43?,44?/m1/s1. The number of hydrogen-bond donors (Lipinski definition) is 5. The first-order chi connectivity index (χ1) is 21.8. The number of nitrogen functional groups attached to an aromatic ring is 2. The number of ether oxygens (including phenoxy) is 2. The molecule has 0 aromatic carbocycles. The van der Waals surface area contributed by atoms with Crippen LogP contribution in [0.1, 0.15) is 12.6 Å². The van der Waals surface area contributed by atoms with E-state index in [-0.39, 0.29) is 28.2 Å². The average molecular weight is 739 g/mol. The maximum Gasteiger partial charge on any atom is 0.386 e. The fourth-order valence-corrected chi connectivity index (χ4v) is 9.26.